The molecule has 0 aliphatic heterocycles. The van der Waals surface area contributed by atoms with E-state index in [1.165, 1.54) is 12.0 Å². The van der Waals surface area contributed by atoms with Crippen molar-refractivity contribution in [1.82, 2.24) is 0 Å². The highest BCUT2D eigenvalue weighted by Gasteiger charge is 2.30. The smallest absolute Gasteiger partial charge is 0.379 e. The van der Waals surface area contributed by atoms with E-state index in [0.29, 0.717) is 12.3 Å². The Bertz CT molecular complexity index is 742. The van der Waals surface area contributed by atoms with Gasteiger partial charge in [-0.3, -0.25) is 4.84 Å². The lowest BCUT2D eigenvalue weighted by Gasteiger charge is -2.29. The number of hydrogen-bond donors (Lipinski definition) is 1. The molecular formula is C15H17ClNO5P. The van der Waals surface area contributed by atoms with Crippen LogP contribution >= 0.6 is 18.2 Å². The van der Waals surface area contributed by atoms with Gasteiger partial charge in [0.25, 0.3) is 0 Å². The summed E-state index contributed by atoms with van der Waals surface area (Å²) < 4.78 is 15.5. The first-order valence-electron chi connectivity index (χ1n) is 6.99. The first-order valence-corrected chi connectivity index (χ1v) is 9.47. The first-order chi connectivity index (χ1) is 10.8. The standard InChI is InChI=1S/C15H17ClNO5P/c1-3-21-17(11(2)15(18)22-23(16,19)20)14-10-6-8-12-7-4-5-9-13(12)14/h4-11H,3H2,1-2H3,(H,19,20)/t11-/m0/s1. The van der Waals surface area contributed by atoms with Crippen LogP contribution in [0.4, 0.5) is 5.69 Å². The number of fused-ring (bicyclic) bond motifs is 1. The van der Waals surface area contributed by atoms with E-state index in [0.717, 1.165) is 10.8 Å². The van der Waals surface area contributed by atoms with Crippen LogP contribution in [0.15, 0.2) is 42.5 Å². The Hall–Kier alpha value is -1.59. The molecule has 0 fully saturated rings. The van der Waals surface area contributed by atoms with E-state index in [1.54, 1.807) is 13.0 Å². The van der Waals surface area contributed by atoms with Gasteiger partial charge in [-0.1, -0.05) is 36.4 Å². The van der Waals surface area contributed by atoms with E-state index in [1.807, 2.05) is 36.4 Å². The molecule has 0 aliphatic rings. The average molecular weight is 358 g/mol. The summed E-state index contributed by atoms with van der Waals surface area (Å²) in [4.78, 5) is 26.6. The van der Waals surface area contributed by atoms with Gasteiger partial charge in [-0.2, -0.15) is 0 Å². The molecule has 124 valence electrons. The Morgan fingerprint density at radius 1 is 1.30 bits per heavy atom. The number of hydrogen-bond acceptors (Lipinski definition) is 5. The molecule has 6 nitrogen and oxygen atoms in total. The Balaban J connectivity index is 2.40. The van der Waals surface area contributed by atoms with Crippen molar-refractivity contribution in [3.8, 4) is 0 Å². The maximum absolute atomic E-state index is 12.0. The lowest BCUT2D eigenvalue weighted by Crippen LogP contribution is -2.40. The third-order valence-corrected chi connectivity index (χ3v) is 3.78. The van der Waals surface area contributed by atoms with Crippen molar-refractivity contribution in [2.45, 2.75) is 19.9 Å². The highest BCUT2D eigenvalue weighted by molar-refractivity contribution is 7.80. The van der Waals surface area contributed by atoms with Crippen LogP contribution < -0.4 is 5.06 Å². The van der Waals surface area contributed by atoms with E-state index in [-0.39, 0.29) is 0 Å². The fourth-order valence-corrected chi connectivity index (χ4v) is 2.79. The third kappa shape index (κ3) is 4.45. The SMILES string of the molecule is CCON(c1cccc2ccccc12)[C@@H](C)C(=O)OP(=O)(O)Cl. The van der Waals surface area contributed by atoms with Crippen LogP contribution in [-0.4, -0.2) is 23.5 Å². The number of benzene rings is 2. The third-order valence-electron chi connectivity index (χ3n) is 3.17. The van der Waals surface area contributed by atoms with E-state index in [2.05, 4.69) is 4.52 Å². The predicted molar refractivity (Wildman–Crippen MR) is 89.3 cm³/mol. The number of halogens is 1. The number of carbonyl (C=O) groups excluding carboxylic acids is 1. The summed E-state index contributed by atoms with van der Waals surface area (Å²) in [6.45, 7) is -0.851. The minimum atomic E-state index is -4.43. The van der Waals surface area contributed by atoms with Crippen LogP contribution in [0.3, 0.4) is 0 Å². The van der Waals surface area contributed by atoms with E-state index >= 15 is 0 Å². The van der Waals surface area contributed by atoms with Crippen LogP contribution in [-0.2, 0) is 18.7 Å². The van der Waals surface area contributed by atoms with Crippen LogP contribution in [0, 0.1) is 0 Å². The largest absolute Gasteiger partial charge is 0.476 e. The second-order valence-corrected chi connectivity index (χ2v) is 7.15. The van der Waals surface area contributed by atoms with Crippen molar-refractivity contribution >= 4 is 40.6 Å². The Morgan fingerprint density at radius 3 is 2.61 bits per heavy atom. The zero-order chi connectivity index (χ0) is 17.0. The summed E-state index contributed by atoms with van der Waals surface area (Å²) >= 11 is 5.10. The molecule has 0 radical (unpaired) electrons. The van der Waals surface area contributed by atoms with Gasteiger partial charge in [0.2, 0.25) is 0 Å². The van der Waals surface area contributed by atoms with Crippen LogP contribution in [0.5, 0.6) is 0 Å². The Labute approximate surface area is 138 Å². The number of hydroxylamine groups is 1. The molecular weight excluding hydrogens is 341 g/mol. The molecule has 0 spiro atoms. The quantitative estimate of drug-likeness (QED) is 0.624. The maximum Gasteiger partial charge on any atom is 0.476 e. The molecule has 2 aromatic rings. The minimum Gasteiger partial charge on any atom is -0.379 e. The molecule has 0 heterocycles. The second-order valence-electron chi connectivity index (χ2n) is 4.78. The van der Waals surface area contributed by atoms with Crippen molar-refractivity contribution in [2.75, 3.05) is 11.7 Å². The molecule has 0 bridgehead atoms. The molecule has 23 heavy (non-hydrogen) atoms. The number of nitrogens with zero attached hydrogens (tertiary/aromatic N) is 1. The Morgan fingerprint density at radius 2 is 1.96 bits per heavy atom. The van der Waals surface area contributed by atoms with Gasteiger partial charge in [0.15, 0.2) is 6.04 Å². The Kier molecular flexibility index (Phi) is 5.65. The van der Waals surface area contributed by atoms with Gasteiger partial charge < -0.3 is 9.42 Å². The highest BCUT2D eigenvalue weighted by atomic mass is 35.7. The van der Waals surface area contributed by atoms with Crippen molar-refractivity contribution in [3.63, 3.8) is 0 Å². The molecule has 1 N–H and O–H groups in total. The van der Waals surface area contributed by atoms with Crippen LogP contribution in [0.2, 0.25) is 0 Å². The van der Waals surface area contributed by atoms with E-state index in [9.17, 15) is 9.36 Å². The van der Waals surface area contributed by atoms with Crippen molar-refractivity contribution in [2.24, 2.45) is 0 Å². The molecule has 2 atom stereocenters. The predicted octanol–water partition coefficient (Wildman–Crippen LogP) is 3.87. The fourth-order valence-electron chi connectivity index (χ4n) is 2.21. The van der Waals surface area contributed by atoms with Crippen LogP contribution in [0.25, 0.3) is 10.8 Å². The van der Waals surface area contributed by atoms with Gasteiger partial charge in [-0.05, 0) is 25.3 Å². The molecule has 0 amide bonds. The summed E-state index contributed by atoms with van der Waals surface area (Å²) in [5, 5.41) is 3.21. The monoisotopic (exact) mass is 357 g/mol. The normalized spacial score (nSPS) is 15.0. The maximum atomic E-state index is 12.0. The molecule has 2 rings (SSSR count). The highest BCUT2D eigenvalue weighted by Crippen LogP contribution is 2.48. The van der Waals surface area contributed by atoms with Gasteiger partial charge in [-0.15, -0.1) is 0 Å². The van der Waals surface area contributed by atoms with Crippen molar-refractivity contribution in [3.05, 3.63) is 42.5 Å². The molecule has 2 aromatic carbocycles. The van der Waals surface area contributed by atoms with Gasteiger partial charge in [0.05, 0.1) is 12.3 Å². The minimum absolute atomic E-state index is 0.304. The summed E-state index contributed by atoms with van der Waals surface area (Å²) in [5.74, 6) is -0.952. The molecule has 0 aliphatic carbocycles. The zero-order valence-electron chi connectivity index (χ0n) is 12.7. The van der Waals surface area contributed by atoms with E-state index in [4.69, 9.17) is 21.0 Å². The zero-order valence-corrected chi connectivity index (χ0v) is 14.3. The molecule has 8 heteroatoms. The number of rotatable bonds is 6. The summed E-state index contributed by atoms with van der Waals surface area (Å²) in [6, 6.07) is 12.2. The second kappa shape index (κ2) is 7.32. The lowest BCUT2D eigenvalue weighted by molar-refractivity contribution is -0.137. The molecule has 0 saturated carbocycles. The van der Waals surface area contributed by atoms with Gasteiger partial charge in [0.1, 0.15) is 0 Å². The summed E-state index contributed by atoms with van der Waals surface area (Å²) in [7, 11) is 0. The van der Waals surface area contributed by atoms with Crippen LogP contribution in [0.1, 0.15) is 13.8 Å². The topological polar surface area (TPSA) is 76.1 Å². The fraction of sp³-hybridized carbons (Fsp3) is 0.267. The summed E-state index contributed by atoms with van der Waals surface area (Å²) in [6.07, 6.45) is 0. The lowest BCUT2D eigenvalue weighted by atomic mass is 10.1. The van der Waals surface area contributed by atoms with Gasteiger partial charge in [-0.25, -0.2) is 14.4 Å². The van der Waals surface area contributed by atoms with Gasteiger partial charge >= 0.3 is 12.9 Å². The van der Waals surface area contributed by atoms with Gasteiger partial charge in [0, 0.05) is 16.6 Å². The van der Waals surface area contributed by atoms with Crippen molar-refractivity contribution in [1.29, 1.82) is 0 Å². The molecule has 0 saturated heterocycles. The first kappa shape index (κ1) is 17.8. The summed E-state index contributed by atoms with van der Waals surface area (Å²) in [5.41, 5.74) is 0.650. The molecule has 1 unspecified atom stereocenters. The number of carbonyl (C=O) groups is 1. The van der Waals surface area contributed by atoms with Crippen molar-refractivity contribution < 1.29 is 23.6 Å². The average Bonchev–Trinajstić information content (AvgIpc) is 2.50. The number of anilines is 1. The molecule has 0 aromatic heterocycles. The van der Waals surface area contributed by atoms with E-state index < -0.39 is 19.0 Å².